The maximum Gasteiger partial charge on any atom is 0.329 e. The number of rotatable bonds is 4. The quantitative estimate of drug-likeness (QED) is 0.551. The van der Waals surface area contributed by atoms with E-state index < -0.39 is 12.0 Å². The van der Waals surface area contributed by atoms with Gasteiger partial charge in [-0.05, 0) is 24.7 Å². The molecule has 1 atom stereocenters. The summed E-state index contributed by atoms with van der Waals surface area (Å²) in [5.74, 6) is -1.03. The molecule has 1 N–H and O–H groups in total. The number of hydrogen-bond donors (Lipinski definition) is 1. The Labute approximate surface area is 83.0 Å². The number of carbonyl (C=O) groups is 1. The zero-order valence-corrected chi connectivity index (χ0v) is 8.32. The van der Waals surface area contributed by atoms with Crippen LogP contribution in [-0.2, 0) is 9.59 Å². The van der Waals surface area contributed by atoms with Crippen molar-refractivity contribution in [2.75, 3.05) is 0 Å². The van der Waals surface area contributed by atoms with Crippen LogP contribution in [0.25, 0.3) is 0 Å². The minimum atomic E-state index is -1.03. The number of carboxylic acid groups (broad SMARTS) is 1. The van der Waals surface area contributed by atoms with Crippen LogP contribution in [0.3, 0.4) is 0 Å². The van der Waals surface area contributed by atoms with E-state index >= 15 is 0 Å². The average molecular weight is 197 g/mol. The molecule has 1 aliphatic carbocycles. The molecule has 1 fully saturated rings. The second kappa shape index (κ2) is 4.38. The standard InChI is InChI=1S/C10H15NO3/c1-10(4-2-3-5-10)6-8(9(13)14)11-7-12/h8H,2-6H2,1H3,(H,13,14). The molecule has 0 radical (unpaired) electrons. The van der Waals surface area contributed by atoms with Gasteiger partial charge in [-0.25, -0.2) is 9.59 Å². The van der Waals surface area contributed by atoms with Crippen LogP contribution in [0.4, 0.5) is 0 Å². The van der Waals surface area contributed by atoms with Gasteiger partial charge in [-0.3, -0.25) is 0 Å². The van der Waals surface area contributed by atoms with E-state index in [1.54, 1.807) is 0 Å². The highest BCUT2D eigenvalue weighted by Crippen LogP contribution is 2.41. The molecule has 78 valence electrons. The summed E-state index contributed by atoms with van der Waals surface area (Å²) in [5.41, 5.74) is 0.0450. The molecule has 0 amide bonds. The number of carbonyl (C=O) groups excluding carboxylic acids is 1. The smallest absolute Gasteiger partial charge is 0.329 e. The van der Waals surface area contributed by atoms with E-state index in [-0.39, 0.29) is 5.41 Å². The summed E-state index contributed by atoms with van der Waals surface area (Å²) in [6.45, 7) is 2.07. The van der Waals surface area contributed by atoms with Gasteiger partial charge in [0.15, 0.2) is 6.04 Å². The van der Waals surface area contributed by atoms with Crippen molar-refractivity contribution in [3.63, 3.8) is 0 Å². The zero-order valence-electron chi connectivity index (χ0n) is 8.32. The van der Waals surface area contributed by atoms with E-state index in [2.05, 4.69) is 11.9 Å². The van der Waals surface area contributed by atoms with Crippen LogP contribution in [-0.4, -0.2) is 23.2 Å². The molecule has 1 rings (SSSR count). The van der Waals surface area contributed by atoms with E-state index in [9.17, 15) is 9.59 Å². The van der Waals surface area contributed by atoms with E-state index in [1.165, 1.54) is 6.08 Å². The fourth-order valence-electron chi connectivity index (χ4n) is 2.15. The molecule has 1 saturated carbocycles. The Morgan fingerprint density at radius 3 is 2.57 bits per heavy atom. The lowest BCUT2D eigenvalue weighted by Crippen LogP contribution is -2.26. The lowest BCUT2D eigenvalue weighted by molar-refractivity contribution is -0.139. The van der Waals surface area contributed by atoms with Gasteiger partial charge in [-0.1, -0.05) is 19.8 Å². The van der Waals surface area contributed by atoms with Gasteiger partial charge < -0.3 is 5.11 Å². The van der Waals surface area contributed by atoms with Crippen LogP contribution >= 0.6 is 0 Å². The topological polar surface area (TPSA) is 66.7 Å². The van der Waals surface area contributed by atoms with Crippen molar-refractivity contribution >= 4 is 12.0 Å². The molecule has 0 spiro atoms. The predicted molar refractivity (Wildman–Crippen MR) is 50.7 cm³/mol. The third-order valence-corrected chi connectivity index (χ3v) is 2.99. The van der Waals surface area contributed by atoms with E-state index in [0.29, 0.717) is 6.42 Å². The fraction of sp³-hybridized carbons (Fsp3) is 0.800. The lowest BCUT2D eigenvalue weighted by Gasteiger charge is -2.24. The average Bonchev–Trinajstić information content (AvgIpc) is 2.51. The maximum absolute atomic E-state index is 10.7. The first kappa shape index (κ1) is 10.9. The third-order valence-electron chi connectivity index (χ3n) is 2.99. The third kappa shape index (κ3) is 2.67. The van der Waals surface area contributed by atoms with Crippen molar-refractivity contribution in [3.8, 4) is 0 Å². The molecule has 0 heterocycles. The van der Waals surface area contributed by atoms with Crippen LogP contribution in [0, 0.1) is 5.41 Å². The van der Waals surface area contributed by atoms with Crippen LogP contribution in [0.1, 0.15) is 39.0 Å². The molecule has 0 bridgehead atoms. The van der Waals surface area contributed by atoms with Gasteiger partial charge in [0.1, 0.15) is 0 Å². The first-order valence-corrected chi connectivity index (χ1v) is 4.87. The fourth-order valence-corrected chi connectivity index (χ4v) is 2.15. The van der Waals surface area contributed by atoms with E-state index in [1.807, 2.05) is 0 Å². The Kier molecular flexibility index (Phi) is 3.42. The Morgan fingerprint density at radius 2 is 2.14 bits per heavy atom. The molecule has 1 aliphatic rings. The minimum Gasteiger partial charge on any atom is -0.480 e. The van der Waals surface area contributed by atoms with Crippen molar-refractivity contribution in [1.82, 2.24) is 0 Å². The van der Waals surface area contributed by atoms with Gasteiger partial charge in [0, 0.05) is 0 Å². The number of nitrogens with zero attached hydrogens (tertiary/aromatic N) is 1. The Hall–Kier alpha value is -1.15. The van der Waals surface area contributed by atoms with Crippen LogP contribution in [0.2, 0.25) is 0 Å². The predicted octanol–water partition coefficient (Wildman–Crippen LogP) is 1.75. The maximum atomic E-state index is 10.7. The summed E-state index contributed by atoms with van der Waals surface area (Å²) in [7, 11) is 0. The molecule has 14 heavy (non-hydrogen) atoms. The number of carboxylic acids is 1. The molecule has 0 saturated heterocycles. The summed E-state index contributed by atoms with van der Waals surface area (Å²) in [5, 5.41) is 8.81. The largest absolute Gasteiger partial charge is 0.480 e. The summed E-state index contributed by atoms with van der Waals surface area (Å²) >= 11 is 0. The number of hydrogen-bond acceptors (Lipinski definition) is 3. The van der Waals surface area contributed by atoms with Crippen molar-refractivity contribution in [2.45, 2.75) is 45.1 Å². The Bertz CT molecular complexity index is 261. The highest BCUT2D eigenvalue weighted by molar-refractivity contribution is 5.74. The lowest BCUT2D eigenvalue weighted by atomic mass is 9.82. The van der Waals surface area contributed by atoms with Crippen molar-refractivity contribution in [3.05, 3.63) is 0 Å². The molecular formula is C10H15NO3. The highest BCUT2D eigenvalue weighted by Gasteiger charge is 2.33. The normalized spacial score (nSPS) is 21.2. The van der Waals surface area contributed by atoms with Gasteiger partial charge in [-0.2, -0.15) is 4.99 Å². The zero-order chi connectivity index (χ0) is 10.6. The van der Waals surface area contributed by atoms with Crippen molar-refractivity contribution in [2.24, 2.45) is 10.4 Å². The number of aliphatic imine (C=N–C) groups is 1. The van der Waals surface area contributed by atoms with E-state index in [4.69, 9.17) is 5.11 Å². The molecule has 0 aromatic rings. The first-order valence-electron chi connectivity index (χ1n) is 4.87. The minimum absolute atomic E-state index is 0.0450. The van der Waals surface area contributed by atoms with E-state index in [0.717, 1.165) is 25.7 Å². The highest BCUT2D eigenvalue weighted by atomic mass is 16.4. The second-order valence-electron chi connectivity index (χ2n) is 4.30. The molecule has 4 nitrogen and oxygen atoms in total. The Balaban J connectivity index is 2.62. The molecular weight excluding hydrogens is 182 g/mol. The van der Waals surface area contributed by atoms with Crippen LogP contribution < -0.4 is 0 Å². The molecule has 1 unspecified atom stereocenters. The van der Waals surface area contributed by atoms with Crippen molar-refractivity contribution in [1.29, 1.82) is 0 Å². The number of isocyanates is 1. The van der Waals surface area contributed by atoms with Gasteiger partial charge >= 0.3 is 5.97 Å². The summed E-state index contributed by atoms with van der Waals surface area (Å²) in [6, 6.07) is -0.907. The summed E-state index contributed by atoms with van der Waals surface area (Å²) in [4.78, 5) is 24.1. The van der Waals surface area contributed by atoms with Gasteiger partial charge in [0.2, 0.25) is 6.08 Å². The van der Waals surface area contributed by atoms with Gasteiger partial charge in [-0.15, -0.1) is 0 Å². The molecule has 0 aromatic heterocycles. The summed E-state index contributed by atoms with van der Waals surface area (Å²) in [6.07, 6.45) is 6.15. The molecule has 0 aliphatic heterocycles. The first-order chi connectivity index (χ1) is 6.57. The van der Waals surface area contributed by atoms with Crippen LogP contribution in [0.15, 0.2) is 4.99 Å². The summed E-state index contributed by atoms with van der Waals surface area (Å²) < 4.78 is 0. The molecule has 4 heteroatoms. The monoisotopic (exact) mass is 197 g/mol. The van der Waals surface area contributed by atoms with Gasteiger partial charge in [0.05, 0.1) is 0 Å². The second-order valence-corrected chi connectivity index (χ2v) is 4.30. The Morgan fingerprint density at radius 1 is 1.57 bits per heavy atom. The number of aliphatic carboxylic acids is 1. The molecule has 0 aromatic carbocycles. The van der Waals surface area contributed by atoms with Crippen LogP contribution in [0.5, 0.6) is 0 Å². The van der Waals surface area contributed by atoms with Crippen molar-refractivity contribution < 1.29 is 14.7 Å². The SMILES string of the molecule is CC1(CC(N=C=O)C(=O)O)CCCC1. The van der Waals surface area contributed by atoms with Gasteiger partial charge in [0.25, 0.3) is 0 Å².